The molecule has 202 valence electrons. The second-order valence-corrected chi connectivity index (χ2v) is 15.6. The smallest absolute Gasteiger partial charge is 0.303 e. The molecule has 35 heavy (non-hydrogen) atoms. The summed E-state index contributed by atoms with van der Waals surface area (Å²) in [5.41, 5.74) is -0.214. The number of aliphatic hydroxyl groups is 1. The van der Waals surface area contributed by atoms with E-state index in [1.54, 1.807) is 0 Å². The molecular formula is C28H48O5S2. The zero-order valence-corrected chi connectivity index (χ0v) is 24.0. The highest BCUT2D eigenvalue weighted by Crippen LogP contribution is 2.34. The van der Waals surface area contributed by atoms with Crippen LogP contribution in [0.5, 0.6) is 0 Å². The van der Waals surface area contributed by atoms with Crippen molar-refractivity contribution in [3.05, 3.63) is 22.0 Å². The molecule has 4 atom stereocenters. The van der Waals surface area contributed by atoms with Gasteiger partial charge in [-0.25, -0.2) is 0 Å². The van der Waals surface area contributed by atoms with Gasteiger partial charge in [-0.2, -0.15) is 0 Å². The maximum atomic E-state index is 12.9. The van der Waals surface area contributed by atoms with Gasteiger partial charge in [-0.1, -0.05) is 59.1 Å². The number of hydrogen-bond acceptors (Lipinski definition) is 4. The summed E-state index contributed by atoms with van der Waals surface area (Å²) in [5, 5.41) is 18.8. The molecule has 0 amide bonds. The lowest BCUT2D eigenvalue weighted by molar-refractivity contribution is -0.139. The number of aliphatic hydroxyl groups excluding tert-OH is 1. The molecule has 0 saturated heterocycles. The van der Waals surface area contributed by atoms with Gasteiger partial charge in [0.1, 0.15) is 0 Å². The van der Waals surface area contributed by atoms with E-state index in [1.807, 2.05) is 13.8 Å². The Morgan fingerprint density at radius 2 is 1.31 bits per heavy atom. The van der Waals surface area contributed by atoms with Gasteiger partial charge in [-0.15, -0.1) is 0 Å². The molecule has 0 aromatic carbocycles. The molecule has 0 spiro atoms. The van der Waals surface area contributed by atoms with E-state index < -0.39 is 27.6 Å². The molecule has 0 bridgehead atoms. The first-order chi connectivity index (χ1) is 16.4. The van der Waals surface area contributed by atoms with Crippen LogP contribution in [0.25, 0.3) is 0 Å². The largest absolute Gasteiger partial charge is 0.481 e. The van der Waals surface area contributed by atoms with Crippen LogP contribution >= 0.6 is 0 Å². The van der Waals surface area contributed by atoms with Crippen molar-refractivity contribution in [3.8, 4) is 0 Å². The van der Waals surface area contributed by atoms with Crippen LogP contribution in [-0.4, -0.2) is 41.7 Å². The van der Waals surface area contributed by atoms with Crippen molar-refractivity contribution in [2.45, 2.75) is 128 Å². The lowest BCUT2D eigenvalue weighted by Gasteiger charge is -2.22. The Balaban J connectivity index is 1.61. The summed E-state index contributed by atoms with van der Waals surface area (Å²) < 4.78 is 25.8. The van der Waals surface area contributed by atoms with Crippen LogP contribution in [0.4, 0.5) is 0 Å². The molecule has 7 heteroatoms. The molecule has 2 rings (SSSR count). The zero-order chi connectivity index (χ0) is 26.1. The topological polar surface area (TPSA) is 91.7 Å². The quantitative estimate of drug-likeness (QED) is 0.207. The highest BCUT2D eigenvalue weighted by atomic mass is 32.2. The number of carboxylic acids is 1. The van der Waals surface area contributed by atoms with E-state index >= 15 is 0 Å². The Morgan fingerprint density at radius 3 is 1.86 bits per heavy atom. The summed E-state index contributed by atoms with van der Waals surface area (Å²) in [7, 11) is -1.79. The van der Waals surface area contributed by atoms with E-state index in [4.69, 9.17) is 5.11 Å². The fourth-order valence-electron chi connectivity index (χ4n) is 5.11. The number of rotatable bonds is 17. The molecule has 0 saturated carbocycles. The van der Waals surface area contributed by atoms with Gasteiger partial charge in [0.05, 0.1) is 28.0 Å². The zero-order valence-electron chi connectivity index (χ0n) is 22.4. The number of hydrogen-bond donors (Lipinski definition) is 2. The van der Waals surface area contributed by atoms with Gasteiger partial charge < -0.3 is 10.2 Å². The van der Waals surface area contributed by atoms with Gasteiger partial charge in [0.25, 0.3) is 0 Å². The van der Waals surface area contributed by atoms with Gasteiger partial charge in [0, 0.05) is 26.9 Å². The molecule has 0 radical (unpaired) electrons. The third-order valence-corrected chi connectivity index (χ3v) is 11.3. The van der Waals surface area contributed by atoms with Crippen LogP contribution < -0.4 is 0 Å². The van der Waals surface area contributed by atoms with Crippen molar-refractivity contribution in [2.75, 3.05) is 6.61 Å². The first-order valence-corrected chi connectivity index (χ1v) is 15.9. The average Bonchev–Trinajstić information content (AvgIpc) is 3.30. The number of allylic oxidation sites excluding steroid dienone is 4. The summed E-state index contributed by atoms with van der Waals surface area (Å²) in [6, 6.07) is 0. The summed E-state index contributed by atoms with van der Waals surface area (Å²) >= 11 is 0. The van der Waals surface area contributed by atoms with Crippen molar-refractivity contribution in [1.82, 2.24) is 0 Å². The summed E-state index contributed by atoms with van der Waals surface area (Å²) in [6.07, 6.45) is 16.8. The van der Waals surface area contributed by atoms with E-state index in [2.05, 4.69) is 26.0 Å². The van der Waals surface area contributed by atoms with Crippen molar-refractivity contribution in [1.29, 1.82) is 0 Å². The molecule has 2 aliphatic heterocycles. The van der Waals surface area contributed by atoms with E-state index in [-0.39, 0.29) is 34.4 Å². The Bertz CT molecular complexity index is 812. The fourth-order valence-corrected chi connectivity index (χ4v) is 8.48. The lowest BCUT2D eigenvalue weighted by atomic mass is 9.83. The molecule has 0 aromatic rings. The Hall–Kier alpha value is -0.790. The predicted molar refractivity (Wildman–Crippen MR) is 147 cm³/mol. The van der Waals surface area contributed by atoms with E-state index in [0.29, 0.717) is 0 Å². The standard InChI is InChI=1S/C28H48O5S2/c1-27(2,20-26(30)31)18-7-5-10-22-14-16-24(34(22)32)12-9-13-25-17-15-23(35(25)33)11-6-8-19-28(3,4)21-29/h15-16,22,25,29H,5-14,17-21H2,1-4H3,(H,30,31). The van der Waals surface area contributed by atoms with Gasteiger partial charge >= 0.3 is 5.97 Å². The summed E-state index contributed by atoms with van der Waals surface area (Å²) in [4.78, 5) is 13.1. The van der Waals surface area contributed by atoms with Crippen LogP contribution in [0.2, 0.25) is 0 Å². The Morgan fingerprint density at radius 1 is 0.829 bits per heavy atom. The number of unbranched alkanes of at least 4 members (excludes halogenated alkanes) is 2. The van der Waals surface area contributed by atoms with Crippen LogP contribution in [0.15, 0.2) is 22.0 Å². The predicted octanol–water partition coefficient (Wildman–Crippen LogP) is 6.61. The minimum atomic E-state index is -0.904. The van der Waals surface area contributed by atoms with E-state index in [1.165, 1.54) is 0 Å². The normalized spacial score (nSPS) is 25.1. The number of carbonyl (C=O) groups is 1. The van der Waals surface area contributed by atoms with Gasteiger partial charge in [0.2, 0.25) is 0 Å². The molecule has 2 aliphatic rings. The van der Waals surface area contributed by atoms with Crippen molar-refractivity contribution in [2.24, 2.45) is 10.8 Å². The Labute approximate surface area is 218 Å². The first-order valence-electron chi connectivity index (χ1n) is 13.5. The second-order valence-electron chi connectivity index (χ2n) is 12.1. The molecule has 0 aliphatic carbocycles. The van der Waals surface area contributed by atoms with E-state index in [0.717, 1.165) is 93.3 Å². The maximum Gasteiger partial charge on any atom is 0.303 e. The SMILES string of the molecule is CC(C)(CO)CCCCC1=CCC(CCCC2=CCC(CCCCC(C)(C)CC(=O)O)S2=O)S1=O. The summed E-state index contributed by atoms with van der Waals surface area (Å²) in [6.45, 7) is 8.38. The highest BCUT2D eigenvalue weighted by Gasteiger charge is 2.28. The molecule has 2 heterocycles. The molecule has 0 aromatic heterocycles. The van der Waals surface area contributed by atoms with Gasteiger partial charge in [-0.3, -0.25) is 13.2 Å². The van der Waals surface area contributed by atoms with Gasteiger partial charge in [0.15, 0.2) is 0 Å². The molecular weight excluding hydrogens is 480 g/mol. The second kappa shape index (κ2) is 14.2. The van der Waals surface area contributed by atoms with Crippen molar-refractivity contribution in [3.63, 3.8) is 0 Å². The van der Waals surface area contributed by atoms with Crippen LogP contribution in [-0.2, 0) is 26.4 Å². The highest BCUT2D eigenvalue weighted by molar-refractivity contribution is 7.90. The molecule has 4 unspecified atom stereocenters. The Kier molecular flexibility index (Phi) is 12.4. The van der Waals surface area contributed by atoms with Crippen molar-refractivity contribution >= 4 is 27.6 Å². The third kappa shape index (κ3) is 10.6. The van der Waals surface area contributed by atoms with Crippen LogP contribution in [0.3, 0.4) is 0 Å². The van der Waals surface area contributed by atoms with Crippen LogP contribution in [0, 0.1) is 10.8 Å². The summed E-state index contributed by atoms with van der Waals surface area (Å²) in [5.74, 6) is -0.743. The lowest BCUT2D eigenvalue weighted by Crippen LogP contribution is -2.17. The molecule has 5 nitrogen and oxygen atoms in total. The van der Waals surface area contributed by atoms with Crippen molar-refractivity contribution < 1.29 is 23.4 Å². The monoisotopic (exact) mass is 528 g/mol. The first kappa shape index (κ1) is 30.4. The van der Waals surface area contributed by atoms with Gasteiger partial charge in [-0.05, 0) is 75.0 Å². The minimum Gasteiger partial charge on any atom is -0.481 e. The number of aliphatic carboxylic acids is 1. The van der Waals surface area contributed by atoms with E-state index in [9.17, 15) is 18.3 Å². The molecule has 0 fully saturated rings. The van der Waals surface area contributed by atoms with Crippen LogP contribution in [0.1, 0.15) is 118 Å². The molecule has 2 N–H and O–H groups in total. The average molecular weight is 529 g/mol. The third-order valence-electron chi connectivity index (χ3n) is 7.50. The fraction of sp³-hybridized carbons (Fsp3) is 0.821. The maximum absolute atomic E-state index is 12.9. The minimum absolute atomic E-state index is 0.0291. The number of carboxylic acid groups (broad SMARTS) is 1.